The quantitative estimate of drug-likeness (QED) is 0.0407. The summed E-state index contributed by atoms with van der Waals surface area (Å²) in [4.78, 5) is 23.5. The van der Waals surface area contributed by atoms with Crippen LogP contribution in [0.2, 0.25) is 0 Å². The van der Waals surface area contributed by atoms with Gasteiger partial charge in [-0.1, -0.05) is 102 Å². The molecule has 0 aliphatic heterocycles. The summed E-state index contributed by atoms with van der Waals surface area (Å²) in [6, 6.07) is 0. The fourth-order valence-corrected chi connectivity index (χ4v) is 3.83. The van der Waals surface area contributed by atoms with Gasteiger partial charge < -0.3 is 4.74 Å². The van der Waals surface area contributed by atoms with Crippen molar-refractivity contribution in [1.82, 2.24) is 0 Å². The number of hydrogen-bond donors (Lipinski definition) is 0. The van der Waals surface area contributed by atoms with E-state index in [-0.39, 0.29) is 58.6 Å². The minimum absolute atomic E-state index is 0. The first-order valence-corrected chi connectivity index (χ1v) is 13.7. The summed E-state index contributed by atoms with van der Waals surface area (Å²) in [5, 5.41) is 0. The van der Waals surface area contributed by atoms with E-state index in [0.29, 0.717) is 12.8 Å². The van der Waals surface area contributed by atoms with Crippen LogP contribution in [0.1, 0.15) is 148 Å². The van der Waals surface area contributed by atoms with Gasteiger partial charge in [0.25, 0.3) is 0 Å². The van der Waals surface area contributed by atoms with Crippen LogP contribution in [0.4, 0.5) is 0 Å². The summed E-state index contributed by atoms with van der Waals surface area (Å²) in [5.74, 6) is -0.702. The second-order valence-electron chi connectivity index (χ2n) is 9.13. The molecule has 199 valence electrons. The zero-order chi connectivity index (χ0) is 23.5. The van der Waals surface area contributed by atoms with Crippen LogP contribution in [0.5, 0.6) is 0 Å². The molecule has 0 spiro atoms. The molecule has 0 aliphatic rings. The van der Waals surface area contributed by atoms with Gasteiger partial charge in [0.05, 0.1) is 0 Å². The van der Waals surface area contributed by atoms with Crippen molar-refractivity contribution in [3.05, 3.63) is 24.8 Å². The van der Waals surface area contributed by atoms with E-state index in [1.807, 2.05) is 6.08 Å². The number of ether oxygens (including phenoxy) is 1. The molecule has 3 nitrogen and oxygen atoms in total. The van der Waals surface area contributed by atoms with E-state index in [1.54, 1.807) is 0 Å². The molecule has 0 rings (SSSR count). The number of rotatable bonds is 24. The molecule has 0 bridgehead atoms. The monoisotopic (exact) mass is 535 g/mol. The molecule has 0 amide bonds. The number of hydrogen-bond acceptors (Lipinski definition) is 3. The first kappa shape index (κ1) is 38.7. The maximum absolute atomic E-state index is 11.8. The zero-order valence-electron chi connectivity index (χ0n) is 21.5. The topological polar surface area (TPSA) is 43.4 Å². The molecule has 0 aromatic rings. The van der Waals surface area contributed by atoms with Gasteiger partial charge in [-0.05, 0) is 51.4 Å². The van der Waals surface area contributed by atoms with Crippen molar-refractivity contribution in [2.75, 3.05) is 0 Å². The number of allylic oxidation sites excluding steroid dienone is 3. The average molecular weight is 536 g/mol. The van der Waals surface area contributed by atoms with E-state index in [1.165, 1.54) is 83.5 Å². The van der Waals surface area contributed by atoms with Gasteiger partial charge in [-0.3, -0.25) is 9.59 Å². The van der Waals surface area contributed by atoms with Crippen molar-refractivity contribution in [3.63, 3.8) is 0 Å². The molecule has 5 heteroatoms. The van der Waals surface area contributed by atoms with Crippen LogP contribution in [-0.2, 0) is 31.4 Å². The Balaban J connectivity index is -0.00000480. The van der Waals surface area contributed by atoms with Crippen LogP contribution < -0.4 is 0 Å². The van der Waals surface area contributed by atoms with E-state index in [0.717, 1.165) is 44.9 Å². The Morgan fingerprint density at radius 1 is 0.588 bits per heavy atom. The normalized spacial score (nSPS) is 10.5. The van der Waals surface area contributed by atoms with Crippen LogP contribution >= 0.6 is 0 Å². The van der Waals surface area contributed by atoms with Gasteiger partial charge in [0.15, 0.2) is 0 Å². The fourth-order valence-electron chi connectivity index (χ4n) is 3.83. The van der Waals surface area contributed by atoms with Crippen molar-refractivity contribution < 1.29 is 31.4 Å². The molecule has 0 saturated carbocycles. The van der Waals surface area contributed by atoms with Crippen LogP contribution in [0, 0.1) is 0 Å². The summed E-state index contributed by atoms with van der Waals surface area (Å²) >= 11 is 0. The summed E-state index contributed by atoms with van der Waals surface area (Å²) in [5.41, 5.74) is 0. The van der Waals surface area contributed by atoms with Gasteiger partial charge in [0, 0.05) is 29.9 Å². The number of unbranched alkanes of at least 4 members (excludes halogenated alkanes) is 17. The number of carbonyl (C=O) groups excluding carboxylic acids is 2. The number of carbonyl (C=O) groups is 2. The molecule has 0 saturated heterocycles. The summed E-state index contributed by atoms with van der Waals surface area (Å²) in [6.07, 6.45) is 31.1. The van der Waals surface area contributed by atoms with Gasteiger partial charge in [-0.25, -0.2) is 0 Å². The third kappa shape index (κ3) is 32.1. The molecule has 0 N–H and O–H groups in total. The molecule has 0 fully saturated rings. The van der Waals surface area contributed by atoms with Crippen LogP contribution in [0.15, 0.2) is 24.8 Å². The fraction of sp³-hybridized carbons (Fsp3) is 0.793. The Morgan fingerprint density at radius 2 is 0.941 bits per heavy atom. The van der Waals surface area contributed by atoms with Crippen molar-refractivity contribution in [2.45, 2.75) is 148 Å². The zero-order valence-corrected chi connectivity index (χ0v) is 22.5. The first-order chi connectivity index (χ1) is 15.7. The Bertz CT molecular complexity index is 480. The van der Waals surface area contributed by atoms with Crippen molar-refractivity contribution in [1.29, 1.82) is 0 Å². The molecule has 34 heavy (non-hydrogen) atoms. The maximum atomic E-state index is 11.8. The predicted molar refractivity (Wildman–Crippen MR) is 145 cm³/mol. The van der Waals surface area contributed by atoms with Gasteiger partial charge in [0.1, 0.15) is 0 Å². The van der Waals surface area contributed by atoms with Crippen LogP contribution in [0.3, 0.4) is 0 Å². The standard InChI is InChI=1S/C29H52O3.Cu.Na.H/c1-3-5-7-9-11-13-14-15-16-17-18-19-21-23-25-27-29(31)32-28(30)26-24-22-20-12-10-8-6-4-2;;;/h4,15-16H,2-3,5-14,17-27H2,1H3;;;/b16-15-;;;. The Morgan fingerprint density at radius 3 is 1.35 bits per heavy atom. The molecule has 0 aromatic carbocycles. The summed E-state index contributed by atoms with van der Waals surface area (Å²) < 4.78 is 4.93. The van der Waals surface area contributed by atoms with Crippen LogP contribution in [-0.4, -0.2) is 41.5 Å². The van der Waals surface area contributed by atoms with Gasteiger partial charge in [-0.15, -0.1) is 6.58 Å². The molecular formula is C29H53CuNaO3. The molecule has 0 unspecified atom stereocenters. The Hall–Kier alpha value is 0.139. The molecule has 0 atom stereocenters. The Kier molecular flexibility index (Phi) is 37.7. The SMILES string of the molecule is C=CCCCCCCCCC(=O)OC(=O)CCCCCCC/C=C\CCCCCCCC.[Cu].[NaH]. The third-order valence-electron chi connectivity index (χ3n) is 5.91. The van der Waals surface area contributed by atoms with Gasteiger partial charge >= 0.3 is 41.5 Å². The van der Waals surface area contributed by atoms with Crippen molar-refractivity contribution in [2.24, 2.45) is 0 Å². The van der Waals surface area contributed by atoms with E-state index < -0.39 is 0 Å². The second-order valence-corrected chi connectivity index (χ2v) is 9.13. The van der Waals surface area contributed by atoms with Crippen molar-refractivity contribution >= 4 is 41.5 Å². The molecule has 0 aromatic heterocycles. The van der Waals surface area contributed by atoms with E-state index in [2.05, 4.69) is 25.7 Å². The van der Waals surface area contributed by atoms with E-state index in [4.69, 9.17) is 4.74 Å². The van der Waals surface area contributed by atoms with Crippen LogP contribution in [0.25, 0.3) is 0 Å². The molecular weight excluding hydrogens is 483 g/mol. The van der Waals surface area contributed by atoms with Crippen molar-refractivity contribution in [3.8, 4) is 0 Å². The molecule has 1 radical (unpaired) electrons. The summed E-state index contributed by atoms with van der Waals surface area (Å²) in [7, 11) is 0. The van der Waals surface area contributed by atoms with E-state index >= 15 is 0 Å². The Labute approximate surface area is 244 Å². The number of esters is 2. The molecule has 0 aliphatic carbocycles. The van der Waals surface area contributed by atoms with E-state index in [9.17, 15) is 9.59 Å². The first-order valence-electron chi connectivity index (χ1n) is 13.7. The average Bonchev–Trinajstić information content (AvgIpc) is 2.78. The predicted octanol–water partition coefficient (Wildman–Crippen LogP) is 8.75. The van der Waals surface area contributed by atoms with Gasteiger partial charge in [0.2, 0.25) is 0 Å². The molecule has 0 heterocycles. The second kappa shape index (κ2) is 33.1. The summed E-state index contributed by atoms with van der Waals surface area (Å²) in [6.45, 7) is 5.99. The third-order valence-corrected chi connectivity index (χ3v) is 5.91. The van der Waals surface area contributed by atoms with Gasteiger partial charge in [-0.2, -0.15) is 0 Å². The minimum atomic E-state index is -0.352.